The molecule has 0 atom stereocenters. The summed E-state index contributed by atoms with van der Waals surface area (Å²) in [6, 6.07) is 7.18. The summed E-state index contributed by atoms with van der Waals surface area (Å²) in [6.07, 6.45) is 3.61. The first-order chi connectivity index (χ1) is 9.38. The molecule has 2 nitrogen and oxygen atoms in total. The van der Waals surface area contributed by atoms with Gasteiger partial charge < -0.3 is 4.74 Å². The molecule has 0 saturated heterocycles. The molecule has 2 rings (SSSR count). The van der Waals surface area contributed by atoms with Crippen LogP contribution in [0.3, 0.4) is 0 Å². The maximum absolute atomic E-state index is 12.9. The average molecular weight is 295 g/mol. The van der Waals surface area contributed by atoms with Gasteiger partial charge in [-0.25, -0.2) is 0 Å². The molecule has 1 aromatic carbocycles. The van der Waals surface area contributed by atoms with Gasteiger partial charge in [-0.2, -0.15) is 0 Å². The summed E-state index contributed by atoms with van der Waals surface area (Å²) in [5.74, 6) is 0.0809. The number of hydrogen-bond donors (Lipinski definition) is 0. The third-order valence-electron chi connectivity index (χ3n) is 4.33. The fourth-order valence-electron chi connectivity index (χ4n) is 2.94. The molecule has 110 valence electrons. The zero-order valence-corrected chi connectivity index (χ0v) is 13.3. The molecule has 0 aromatic heterocycles. The summed E-state index contributed by atoms with van der Waals surface area (Å²) < 4.78 is 5.93. The topological polar surface area (TPSA) is 26.3 Å². The van der Waals surface area contributed by atoms with Crippen LogP contribution in [-0.4, -0.2) is 18.0 Å². The third kappa shape index (κ3) is 3.24. The van der Waals surface area contributed by atoms with Crippen molar-refractivity contribution in [3.8, 4) is 0 Å². The van der Waals surface area contributed by atoms with Crippen LogP contribution in [0.25, 0.3) is 0 Å². The molecule has 0 aliphatic heterocycles. The Morgan fingerprint density at radius 2 is 1.90 bits per heavy atom. The van der Waals surface area contributed by atoms with Crippen LogP contribution in [0.1, 0.15) is 56.8 Å². The number of ether oxygens (including phenoxy) is 1. The van der Waals surface area contributed by atoms with E-state index in [-0.39, 0.29) is 5.78 Å². The van der Waals surface area contributed by atoms with Gasteiger partial charge in [-0.15, -0.1) is 0 Å². The number of benzene rings is 1. The van der Waals surface area contributed by atoms with Crippen molar-refractivity contribution in [1.82, 2.24) is 0 Å². The van der Waals surface area contributed by atoms with E-state index >= 15 is 0 Å². The minimum atomic E-state index is -0.658. The normalized spacial score (nSPS) is 20.6. The van der Waals surface area contributed by atoms with E-state index in [2.05, 4.69) is 13.8 Å². The van der Waals surface area contributed by atoms with Gasteiger partial charge >= 0.3 is 0 Å². The van der Waals surface area contributed by atoms with E-state index in [4.69, 9.17) is 16.3 Å². The van der Waals surface area contributed by atoms with Crippen LogP contribution in [0.4, 0.5) is 0 Å². The molecular weight excluding hydrogens is 272 g/mol. The lowest BCUT2D eigenvalue weighted by atomic mass is 9.68. The lowest BCUT2D eigenvalue weighted by molar-refractivity contribution is -0.0580. The predicted octanol–water partition coefficient (Wildman–Crippen LogP) is 4.90. The molecule has 0 amide bonds. The number of rotatable bonds is 4. The van der Waals surface area contributed by atoms with Gasteiger partial charge in [-0.05, 0) is 50.2 Å². The van der Waals surface area contributed by atoms with Crippen LogP contribution in [0, 0.1) is 5.41 Å². The van der Waals surface area contributed by atoms with Gasteiger partial charge in [0.15, 0.2) is 5.78 Å². The molecule has 0 heterocycles. The van der Waals surface area contributed by atoms with Crippen molar-refractivity contribution in [2.75, 3.05) is 6.61 Å². The molecule has 3 heteroatoms. The minimum Gasteiger partial charge on any atom is -0.367 e. The average Bonchev–Trinajstić information content (AvgIpc) is 2.41. The van der Waals surface area contributed by atoms with Crippen LogP contribution >= 0.6 is 11.6 Å². The quantitative estimate of drug-likeness (QED) is 0.738. The van der Waals surface area contributed by atoms with Gasteiger partial charge in [-0.1, -0.05) is 37.6 Å². The van der Waals surface area contributed by atoms with Crippen molar-refractivity contribution >= 4 is 17.4 Å². The molecule has 0 bridgehead atoms. The summed E-state index contributed by atoms with van der Waals surface area (Å²) >= 11 is 6.00. The molecule has 1 fully saturated rings. The molecule has 1 aliphatic carbocycles. The number of carbonyl (C=O) groups is 1. The van der Waals surface area contributed by atoms with Crippen LogP contribution in [0.5, 0.6) is 0 Å². The molecule has 1 aromatic rings. The van der Waals surface area contributed by atoms with E-state index < -0.39 is 5.60 Å². The molecule has 1 aliphatic rings. The molecule has 0 unspecified atom stereocenters. The molecule has 20 heavy (non-hydrogen) atoms. The van der Waals surface area contributed by atoms with Crippen LogP contribution in [0.2, 0.25) is 5.02 Å². The first-order valence-electron chi connectivity index (χ1n) is 7.33. The molecular formula is C17H23ClO2. The monoisotopic (exact) mass is 294 g/mol. The number of ketones is 1. The van der Waals surface area contributed by atoms with Gasteiger partial charge in [-0.3, -0.25) is 4.79 Å². The number of halogens is 1. The van der Waals surface area contributed by atoms with Crippen LogP contribution in [-0.2, 0) is 4.74 Å². The van der Waals surface area contributed by atoms with Gasteiger partial charge in [0.1, 0.15) is 5.60 Å². The number of hydrogen-bond acceptors (Lipinski definition) is 2. The van der Waals surface area contributed by atoms with E-state index in [0.717, 1.165) is 25.7 Å². The van der Waals surface area contributed by atoms with E-state index in [9.17, 15) is 4.79 Å². The largest absolute Gasteiger partial charge is 0.367 e. The van der Waals surface area contributed by atoms with E-state index in [1.165, 1.54) is 0 Å². The Kier molecular flexibility index (Phi) is 4.55. The Bertz CT molecular complexity index is 484. The maximum Gasteiger partial charge on any atom is 0.194 e. The second-order valence-corrected chi connectivity index (χ2v) is 6.87. The summed E-state index contributed by atoms with van der Waals surface area (Å²) in [5.41, 5.74) is 0.301. The van der Waals surface area contributed by atoms with E-state index in [1.807, 2.05) is 19.1 Å². The maximum atomic E-state index is 12.9. The van der Waals surface area contributed by atoms with Crippen molar-refractivity contribution in [2.45, 2.75) is 52.1 Å². The first kappa shape index (κ1) is 15.5. The Morgan fingerprint density at radius 3 is 2.45 bits per heavy atom. The highest BCUT2D eigenvalue weighted by Gasteiger charge is 2.44. The number of carbonyl (C=O) groups excluding carboxylic acids is 1. The minimum absolute atomic E-state index is 0.0809. The SMILES string of the molecule is CCOC1(C(=O)c2cccc(Cl)c2)CCC(C)(C)CC1. The van der Waals surface area contributed by atoms with Crippen molar-refractivity contribution in [1.29, 1.82) is 0 Å². The van der Waals surface area contributed by atoms with Gasteiger partial charge in [0.25, 0.3) is 0 Å². The second kappa shape index (κ2) is 5.87. The van der Waals surface area contributed by atoms with Crippen molar-refractivity contribution in [2.24, 2.45) is 5.41 Å². The van der Waals surface area contributed by atoms with E-state index in [1.54, 1.807) is 12.1 Å². The van der Waals surface area contributed by atoms with Crippen molar-refractivity contribution in [3.05, 3.63) is 34.9 Å². The highest BCUT2D eigenvalue weighted by Crippen LogP contribution is 2.43. The Hall–Kier alpha value is -0.860. The van der Waals surface area contributed by atoms with Crippen LogP contribution < -0.4 is 0 Å². The molecule has 0 spiro atoms. The van der Waals surface area contributed by atoms with Crippen molar-refractivity contribution in [3.63, 3.8) is 0 Å². The smallest absolute Gasteiger partial charge is 0.194 e. The van der Waals surface area contributed by atoms with Gasteiger partial charge in [0, 0.05) is 17.2 Å². The van der Waals surface area contributed by atoms with E-state index in [0.29, 0.717) is 22.6 Å². The third-order valence-corrected chi connectivity index (χ3v) is 4.57. The Morgan fingerprint density at radius 1 is 1.25 bits per heavy atom. The number of Topliss-reactive ketones (excluding diaryl/α,β-unsaturated/α-hetero) is 1. The lowest BCUT2D eigenvalue weighted by Gasteiger charge is -2.42. The van der Waals surface area contributed by atoms with Gasteiger partial charge in [0.05, 0.1) is 0 Å². The fraction of sp³-hybridized carbons (Fsp3) is 0.588. The standard InChI is InChI=1S/C17H23ClO2/c1-4-20-17(10-8-16(2,3)9-11-17)15(19)13-6-5-7-14(18)12-13/h5-7,12H,4,8-11H2,1-3H3. The highest BCUT2D eigenvalue weighted by molar-refractivity contribution is 6.31. The predicted molar refractivity (Wildman–Crippen MR) is 82.4 cm³/mol. The summed E-state index contributed by atoms with van der Waals surface area (Å²) in [4.78, 5) is 12.9. The molecule has 0 N–H and O–H groups in total. The lowest BCUT2D eigenvalue weighted by Crippen LogP contribution is -2.46. The fourth-order valence-corrected chi connectivity index (χ4v) is 3.13. The zero-order valence-electron chi connectivity index (χ0n) is 12.5. The first-order valence-corrected chi connectivity index (χ1v) is 7.71. The summed E-state index contributed by atoms with van der Waals surface area (Å²) in [6.45, 7) is 7.03. The Balaban J connectivity index is 2.27. The molecule has 0 radical (unpaired) electrons. The molecule has 1 saturated carbocycles. The zero-order chi connectivity index (χ0) is 14.8. The van der Waals surface area contributed by atoms with Gasteiger partial charge in [0.2, 0.25) is 0 Å². The van der Waals surface area contributed by atoms with Crippen molar-refractivity contribution < 1.29 is 9.53 Å². The summed E-state index contributed by atoms with van der Waals surface area (Å²) in [7, 11) is 0. The summed E-state index contributed by atoms with van der Waals surface area (Å²) in [5, 5.41) is 0.596. The Labute approximate surface area is 126 Å². The second-order valence-electron chi connectivity index (χ2n) is 6.43. The van der Waals surface area contributed by atoms with Crippen LogP contribution in [0.15, 0.2) is 24.3 Å². The highest BCUT2D eigenvalue weighted by atomic mass is 35.5.